The molecule has 0 radical (unpaired) electrons. The zero-order valence-corrected chi connectivity index (χ0v) is 28.0. The van der Waals surface area contributed by atoms with Gasteiger partial charge < -0.3 is 30.3 Å². The van der Waals surface area contributed by atoms with Crippen molar-refractivity contribution in [2.75, 3.05) is 14.1 Å². The van der Waals surface area contributed by atoms with Crippen LogP contribution in [0.1, 0.15) is 81.5 Å². The maximum atomic E-state index is 14.2. The predicted molar refractivity (Wildman–Crippen MR) is 169 cm³/mol. The lowest BCUT2D eigenvalue weighted by molar-refractivity contribution is -0.164. The number of benzene rings is 1. The van der Waals surface area contributed by atoms with Crippen molar-refractivity contribution in [2.24, 2.45) is 11.8 Å². The number of fused-ring (bicyclic) bond motifs is 2. The fourth-order valence-electron chi connectivity index (χ4n) is 5.43. The topological polar surface area (TPSA) is 158 Å². The molecule has 2 heterocycles. The number of thiazole rings is 1. The van der Waals surface area contributed by atoms with Crippen molar-refractivity contribution in [3.05, 3.63) is 45.9 Å². The van der Waals surface area contributed by atoms with Gasteiger partial charge in [-0.3, -0.25) is 24.0 Å². The summed E-state index contributed by atoms with van der Waals surface area (Å²) in [6.45, 7) is 10.4. The number of phenols is 1. The van der Waals surface area contributed by atoms with Gasteiger partial charge in [0.05, 0.1) is 12.0 Å². The second-order valence-electron chi connectivity index (χ2n) is 12.0. The summed E-state index contributed by atoms with van der Waals surface area (Å²) >= 11 is 1.22. The molecule has 0 spiro atoms. The number of hydrogen-bond donors (Lipinski definition) is 3. The molecule has 0 saturated carbocycles. The number of nitrogens with zero attached hydrogens (tertiary/aromatic N) is 3. The van der Waals surface area contributed by atoms with E-state index >= 15 is 0 Å². The molecule has 2 aromatic rings. The monoisotopic (exact) mass is 643 g/mol. The van der Waals surface area contributed by atoms with Gasteiger partial charge in [0.2, 0.25) is 11.8 Å². The fourth-order valence-corrected chi connectivity index (χ4v) is 6.24. The van der Waals surface area contributed by atoms with Crippen LogP contribution in [0.2, 0.25) is 0 Å². The third-order valence-corrected chi connectivity index (χ3v) is 9.17. The highest BCUT2D eigenvalue weighted by atomic mass is 32.1. The number of cyclic esters (lactones) is 1. The summed E-state index contributed by atoms with van der Waals surface area (Å²) in [6.07, 6.45) is 0.00544. The van der Waals surface area contributed by atoms with Crippen molar-refractivity contribution in [1.82, 2.24) is 25.4 Å². The third-order valence-electron chi connectivity index (χ3n) is 8.15. The lowest BCUT2D eigenvalue weighted by Gasteiger charge is -2.37. The Bertz CT molecular complexity index is 1380. The molecule has 0 saturated heterocycles. The Labute approximate surface area is 268 Å². The first-order valence-corrected chi connectivity index (χ1v) is 16.1. The highest BCUT2D eigenvalue weighted by Gasteiger charge is 2.39. The molecule has 12 nitrogen and oxygen atoms in total. The van der Waals surface area contributed by atoms with Crippen LogP contribution in [0.15, 0.2) is 29.6 Å². The average Bonchev–Trinajstić information content (AvgIpc) is 3.49. The van der Waals surface area contributed by atoms with Gasteiger partial charge in [0, 0.05) is 31.9 Å². The Morgan fingerprint density at radius 1 is 0.978 bits per heavy atom. The summed E-state index contributed by atoms with van der Waals surface area (Å²) in [5, 5.41) is 17.7. The number of aromatic hydroxyl groups is 1. The van der Waals surface area contributed by atoms with Crippen LogP contribution in [0, 0.1) is 11.8 Å². The molecule has 6 atom stereocenters. The van der Waals surface area contributed by atoms with Crippen molar-refractivity contribution in [3.8, 4) is 5.75 Å². The first-order chi connectivity index (χ1) is 21.2. The number of nitrogens with one attached hydrogen (secondary N) is 2. The van der Waals surface area contributed by atoms with Gasteiger partial charge >= 0.3 is 5.97 Å². The first kappa shape index (κ1) is 35.5. The van der Waals surface area contributed by atoms with Crippen LogP contribution in [0.3, 0.4) is 0 Å². The van der Waals surface area contributed by atoms with Crippen molar-refractivity contribution in [1.29, 1.82) is 0 Å². The number of esters is 1. The number of likely N-dealkylation sites (N-methyl/N-ethyl adjacent to an activating group) is 2. The van der Waals surface area contributed by atoms with Crippen molar-refractivity contribution < 1.29 is 33.8 Å². The quantitative estimate of drug-likeness (QED) is 0.420. The molecule has 1 aromatic carbocycles. The third kappa shape index (κ3) is 8.59. The van der Waals surface area contributed by atoms with Gasteiger partial charge in [0.25, 0.3) is 11.8 Å². The molecule has 1 aromatic heterocycles. The summed E-state index contributed by atoms with van der Waals surface area (Å²) < 4.78 is 5.60. The van der Waals surface area contributed by atoms with Crippen LogP contribution in [0.5, 0.6) is 5.75 Å². The summed E-state index contributed by atoms with van der Waals surface area (Å²) in [6, 6.07) is 3.18. The molecule has 13 heteroatoms. The van der Waals surface area contributed by atoms with Gasteiger partial charge in [-0.15, -0.1) is 11.3 Å². The van der Waals surface area contributed by atoms with Crippen LogP contribution >= 0.6 is 11.3 Å². The Balaban J connectivity index is 2.07. The minimum Gasteiger partial charge on any atom is -0.508 e. The van der Waals surface area contributed by atoms with E-state index in [9.17, 15) is 29.1 Å². The molecule has 0 unspecified atom stereocenters. The van der Waals surface area contributed by atoms with Gasteiger partial charge in [-0.25, -0.2) is 4.98 Å². The molecule has 1 aliphatic heterocycles. The smallest absolute Gasteiger partial charge is 0.311 e. The Morgan fingerprint density at radius 2 is 1.62 bits per heavy atom. The van der Waals surface area contributed by atoms with E-state index in [1.54, 1.807) is 31.4 Å². The first-order valence-electron chi connectivity index (χ1n) is 15.2. The number of carbonyl (C=O) groups excluding carboxylic acids is 5. The second-order valence-corrected chi connectivity index (χ2v) is 12.9. The van der Waals surface area contributed by atoms with Crippen LogP contribution in [-0.2, 0) is 30.3 Å². The Kier molecular flexibility index (Phi) is 12.1. The fraction of sp³-hybridized carbons (Fsp3) is 0.562. The summed E-state index contributed by atoms with van der Waals surface area (Å²) in [5.41, 5.74) is 0.832. The molecule has 0 fully saturated rings. The maximum absolute atomic E-state index is 14.2. The Morgan fingerprint density at radius 3 is 2.22 bits per heavy atom. The van der Waals surface area contributed by atoms with E-state index in [1.807, 2.05) is 20.8 Å². The molecular weight excluding hydrogens is 598 g/mol. The predicted octanol–water partition coefficient (Wildman–Crippen LogP) is 3.06. The van der Waals surface area contributed by atoms with Gasteiger partial charge in [0.1, 0.15) is 28.5 Å². The largest absolute Gasteiger partial charge is 0.508 e. The molecule has 4 amide bonds. The lowest BCUT2D eigenvalue weighted by Crippen LogP contribution is -2.58. The average molecular weight is 644 g/mol. The molecule has 1 aliphatic rings. The van der Waals surface area contributed by atoms with Crippen LogP contribution in [0.25, 0.3) is 0 Å². The van der Waals surface area contributed by atoms with Gasteiger partial charge in [-0.2, -0.15) is 0 Å². The molecule has 2 bridgehead atoms. The van der Waals surface area contributed by atoms with Gasteiger partial charge in [0.15, 0.2) is 6.10 Å². The summed E-state index contributed by atoms with van der Waals surface area (Å²) in [7, 11) is 2.98. The summed E-state index contributed by atoms with van der Waals surface area (Å²) in [5.74, 6) is -3.66. The zero-order chi connectivity index (χ0) is 33.6. The number of phenolic OH excluding ortho intramolecular Hbond substituents is 1. The minimum atomic E-state index is -1.24. The van der Waals surface area contributed by atoms with Crippen LogP contribution < -0.4 is 10.6 Å². The molecule has 3 rings (SSSR count). The lowest BCUT2D eigenvalue weighted by atomic mass is 9.97. The minimum absolute atomic E-state index is 0.0531. The van der Waals surface area contributed by atoms with Crippen LogP contribution in [0.4, 0.5) is 0 Å². The normalized spacial score (nSPS) is 26.1. The number of amides is 4. The Hall–Kier alpha value is -4.00. The van der Waals surface area contributed by atoms with Gasteiger partial charge in [-0.1, -0.05) is 39.3 Å². The second kappa shape index (κ2) is 15.3. The number of hydrogen-bond acceptors (Lipinski definition) is 9. The van der Waals surface area contributed by atoms with E-state index in [-0.39, 0.29) is 23.8 Å². The van der Waals surface area contributed by atoms with E-state index in [0.29, 0.717) is 23.4 Å². The molecule has 3 N–H and O–H groups in total. The van der Waals surface area contributed by atoms with Crippen molar-refractivity contribution in [2.45, 2.75) is 91.1 Å². The molecular formula is C32H45N5O7S. The maximum Gasteiger partial charge on any atom is 0.311 e. The molecule has 246 valence electrons. The number of rotatable bonds is 5. The SMILES string of the molecule is CCC[C@H]1NC(=O)c2csc(n2)[C@H](C)NC(=O)[C@H](C(C)C)N(C)C(=O)[C@@H](Cc2ccc(O)cc2)N(C)C(=O)[C@H](C)OC(=O)[C@@H]1C. The highest BCUT2D eigenvalue weighted by Crippen LogP contribution is 2.23. The van der Waals surface area contributed by atoms with Crippen LogP contribution in [-0.4, -0.2) is 87.8 Å². The number of carbonyl (C=O) groups is 5. The molecule has 0 aliphatic carbocycles. The highest BCUT2D eigenvalue weighted by molar-refractivity contribution is 7.09. The van der Waals surface area contributed by atoms with E-state index in [1.165, 1.54) is 54.3 Å². The van der Waals surface area contributed by atoms with Crippen molar-refractivity contribution in [3.63, 3.8) is 0 Å². The van der Waals surface area contributed by atoms with Crippen molar-refractivity contribution >= 4 is 40.9 Å². The van der Waals surface area contributed by atoms with E-state index < -0.39 is 65.8 Å². The molecule has 45 heavy (non-hydrogen) atoms. The van der Waals surface area contributed by atoms with E-state index in [0.717, 1.165) is 0 Å². The zero-order valence-electron chi connectivity index (χ0n) is 27.2. The van der Waals surface area contributed by atoms with E-state index in [2.05, 4.69) is 15.6 Å². The standard InChI is InChI=1S/C32H45N5O7S/c1-9-10-23-18(4)32(43)44-20(6)30(41)36(7)25(15-21-11-13-22(38)14-12-21)31(42)37(8)26(17(2)3)28(40)33-19(5)29-35-24(16-45-29)27(39)34-23/h11-14,16-20,23,25-26,38H,9-10,15H2,1-8H3,(H,33,40)(H,34,39)/t18-,19+,20+,23-,25-,26+/m1/s1. The number of ether oxygens (including phenoxy) is 1. The van der Waals surface area contributed by atoms with E-state index in [4.69, 9.17) is 4.74 Å². The number of aromatic nitrogens is 1. The summed E-state index contributed by atoms with van der Waals surface area (Å²) in [4.78, 5) is 74.9. The van der Waals surface area contributed by atoms with Gasteiger partial charge in [-0.05, 0) is 50.8 Å².